The number of aliphatic carboxylic acids is 1. The monoisotopic (exact) mass is 873 g/mol. The third-order valence-corrected chi connectivity index (χ3v) is 12.2. The Morgan fingerprint density at radius 1 is 0.770 bits per heavy atom. The van der Waals surface area contributed by atoms with E-state index in [9.17, 15) is 27.6 Å². The second-order valence-corrected chi connectivity index (χ2v) is 17.1. The quantitative estimate of drug-likeness (QED) is 0.277. The standard InChI is InChI=1S/C28H41ClN6O2.C12H13N3O2.C2HF3O2/c1-31-11-9-22(10-12-31)21-33-15-19-34(20-16-33)26(36)8-7-25-27(23-3-5-24(29)6-4-23)30-28(37-25)35-17-13-32(2)14-18-35;16-9-7-8(13-1-2-13)12(17)11(15-5-6-15)10(9)14-3-4-14;3-2(4,5)1(6)7/h3-6,22H,7-21H2,1-2H3;7H,1-6H2;(H,6,7). The molecule has 1 aromatic carbocycles. The molecule has 19 heteroatoms. The molecule has 1 aliphatic carbocycles. The molecule has 332 valence electrons. The molecular weight excluding hydrogens is 819 g/mol. The van der Waals surface area contributed by atoms with Crippen LogP contribution in [0.3, 0.4) is 0 Å². The van der Waals surface area contributed by atoms with Gasteiger partial charge >= 0.3 is 12.1 Å². The Labute approximate surface area is 358 Å². The fraction of sp³-hybridized carbons (Fsp3) is 0.595. The van der Waals surface area contributed by atoms with E-state index in [1.54, 1.807) is 0 Å². The largest absolute Gasteiger partial charge is 0.490 e. The molecule has 9 rings (SSSR count). The van der Waals surface area contributed by atoms with E-state index >= 15 is 0 Å². The number of piperazine rings is 2. The van der Waals surface area contributed by atoms with Crippen molar-refractivity contribution in [1.82, 2.24) is 39.3 Å². The highest BCUT2D eigenvalue weighted by Gasteiger charge is 2.43. The van der Waals surface area contributed by atoms with E-state index in [1.165, 1.54) is 38.6 Å². The number of benzene rings is 1. The first-order valence-corrected chi connectivity index (χ1v) is 21.5. The van der Waals surface area contributed by atoms with Crippen LogP contribution in [0.15, 0.2) is 51.8 Å². The summed E-state index contributed by atoms with van der Waals surface area (Å²) in [6.45, 7) is 16.3. The zero-order valence-electron chi connectivity index (χ0n) is 34.8. The van der Waals surface area contributed by atoms with Gasteiger partial charge in [-0.15, -0.1) is 0 Å². The number of Topliss-reactive ketones (excluding diaryl/α,β-unsaturated/α-hetero) is 1. The van der Waals surface area contributed by atoms with Crippen LogP contribution in [0.2, 0.25) is 5.02 Å². The van der Waals surface area contributed by atoms with Crippen LogP contribution in [0.1, 0.15) is 25.0 Å². The molecule has 6 fully saturated rings. The number of carboxylic acids is 1. The molecule has 6 aliphatic heterocycles. The lowest BCUT2D eigenvalue weighted by molar-refractivity contribution is -0.192. The number of anilines is 1. The topological polar surface area (TPSA) is 140 Å². The van der Waals surface area contributed by atoms with Crippen LogP contribution in [0.5, 0.6) is 0 Å². The first kappa shape index (κ1) is 44.4. The van der Waals surface area contributed by atoms with Crippen LogP contribution in [-0.2, 0) is 25.6 Å². The third kappa shape index (κ3) is 11.8. The summed E-state index contributed by atoms with van der Waals surface area (Å²) in [7, 11) is 4.35. The minimum absolute atomic E-state index is 0.00546. The van der Waals surface area contributed by atoms with Crippen LogP contribution in [0, 0.1) is 5.92 Å². The van der Waals surface area contributed by atoms with Crippen LogP contribution >= 0.6 is 11.6 Å². The summed E-state index contributed by atoms with van der Waals surface area (Å²) in [5, 5.41) is 7.82. The van der Waals surface area contributed by atoms with Gasteiger partial charge in [0.1, 0.15) is 22.8 Å². The van der Waals surface area contributed by atoms with E-state index in [4.69, 9.17) is 30.9 Å². The average Bonchev–Trinajstić information content (AvgIpc) is 4.09. The lowest BCUT2D eigenvalue weighted by Crippen LogP contribution is -2.50. The van der Waals surface area contributed by atoms with Gasteiger partial charge in [-0.1, -0.05) is 23.7 Å². The molecule has 1 aromatic heterocycles. The highest BCUT2D eigenvalue weighted by molar-refractivity contribution is 6.30. The van der Waals surface area contributed by atoms with E-state index in [0.717, 1.165) is 115 Å². The van der Waals surface area contributed by atoms with Gasteiger partial charge in [-0.05, 0) is 58.1 Å². The van der Waals surface area contributed by atoms with Gasteiger partial charge in [-0.25, -0.2) is 4.79 Å². The van der Waals surface area contributed by atoms with Gasteiger partial charge in [-0.3, -0.25) is 19.3 Å². The van der Waals surface area contributed by atoms with Crippen molar-refractivity contribution in [3.63, 3.8) is 0 Å². The zero-order chi connectivity index (χ0) is 43.4. The van der Waals surface area contributed by atoms with Crippen molar-refractivity contribution in [3.8, 4) is 11.3 Å². The van der Waals surface area contributed by atoms with Crippen LogP contribution in [0.25, 0.3) is 11.3 Å². The van der Waals surface area contributed by atoms with Crippen LogP contribution in [0.4, 0.5) is 19.2 Å². The Kier molecular flexibility index (Phi) is 14.0. The number of aromatic nitrogens is 1. The first-order valence-electron chi connectivity index (χ1n) is 21.1. The molecule has 0 saturated carbocycles. The molecule has 7 heterocycles. The molecule has 1 amide bonds. The lowest BCUT2D eigenvalue weighted by Gasteiger charge is -2.38. The minimum atomic E-state index is -5.08. The first-order chi connectivity index (χ1) is 29.1. The summed E-state index contributed by atoms with van der Waals surface area (Å²) < 4.78 is 38.0. The minimum Gasteiger partial charge on any atom is -0.475 e. The summed E-state index contributed by atoms with van der Waals surface area (Å²) in [5.74, 6) is -0.922. The molecular formula is C42H55ClF3N9O6. The van der Waals surface area contributed by atoms with Crippen molar-refractivity contribution >= 4 is 41.1 Å². The van der Waals surface area contributed by atoms with Gasteiger partial charge in [0.25, 0.3) is 6.01 Å². The molecule has 0 unspecified atom stereocenters. The van der Waals surface area contributed by atoms with Gasteiger partial charge in [0.05, 0.1) is 5.70 Å². The van der Waals surface area contributed by atoms with Crippen molar-refractivity contribution in [2.24, 2.45) is 5.92 Å². The van der Waals surface area contributed by atoms with Crippen LogP contribution < -0.4 is 4.90 Å². The average molecular weight is 874 g/mol. The Morgan fingerprint density at radius 2 is 1.31 bits per heavy atom. The number of ketones is 2. The van der Waals surface area contributed by atoms with E-state index in [1.807, 2.05) is 43.9 Å². The molecule has 0 radical (unpaired) electrons. The number of carbonyl (C=O) groups is 4. The molecule has 0 spiro atoms. The summed E-state index contributed by atoms with van der Waals surface area (Å²) in [4.78, 5) is 68.9. The van der Waals surface area contributed by atoms with Crippen molar-refractivity contribution in [3.05, 3.63) is 58.2 Å². The number of likely N-dealkylation sites (N-methyl/N-ethyl adjacent to an activating group) is 1. The lowest BCUT2D eigenvalue weighted by atomic mass is 9.96. The SMILES string of the molecule is CN1CCC(CN2CCN(C(=O)CCc3oc(N4CCN(C)CC4)nc3-c3ccc(Cl)cc3)CC2)CC1.O=C(O)C(F)(F)F.O=C1C=C(N2CC2)C(=O)C(N2CC2)=C1N1CC1. The van der Waals surface area contributed by atoms with Gasteiger partial charge < -0.3 is 43.8 Å². The number of allylic oxidation sites excluding steroid dienone is 1. The summed E-state index contributed by atoms with van der Waals surface area (Å²) >= 11 is 6.13. The number of carboxylic acid groups (broad SMARTS) is 1. The summed E-state index contributed by atoms with van der Waals surface area (Å²) in [6, 6.07) is 8.36. The van der Waals surface area contributed by atoms with E-state index in [-0.39, 0.29) is 17.5 Å². The van der Waals surface area contributed by atoms with Crippen molar-refractivity contribution < 1.29 is 41.9 Å². The molecule has 7 aliphatic rings. The number of amides is 1. The fourth-order valence-corrected chi connectivity index (χ4v) is 8.04. The molecule has 6 saturated heterocycles. The molecule has 61 heavy (non-hydrogen) atoms. The number of oxazole rings is 1. The Morgan fingerprint density at radius 3 is 1.87 bits per heavy atom. The molecule has 0 atom stereocenters. The second kappa shape index (κ2) is 19.2. The maximum Gasteiger partial charge on any atom is 0.490 e. The van der Waals surface area contributed by atoms with Gasteiger partial charge in [-0.2, -0.15) is 18.2 Å². The van der Waals surface area contributed by atoms with E-state index < -0.39 is 12.1 Å². The van der Waals surface area contributed by atoms with Crippen molar-refractivity contribution in [2.45, 2.75) is 31.9 Å². The summed E-state index contributed by atoms with van der Waals surface area (Å²) in [6.07, 6.45) is 0.00798. The van der Waals surface area contributed by atoms with E-state index in [0.29, 0.717) is 41.0 Å². The zero-order valence-corrected chi connectivity index (χ0v) is 35.6. The molecule has 0 bridgehead atoms. The number of likely N-dealkylation sites (tertiary alicyclic amines) is 1. The Balaban J connectivity index is 0.000000190. The van der Waals surface area contributed by atoms with E-state index in [2.05, 4.69) is 33.7 Å². The highest BCUT2D eigenvalue weighted by Crippen LogP contribution is 2.34. The number of alkyl halides is 3. The van der Waals surface area contributed by atoms with Gasteiger partial charge in [0.2, 0.25) is 17.5 Å². The number of halogens is 4. The van der Waals surface area contributed by atoms with Gasteiger partial charge in [0, 0.05) is 128 Å². The normalized spacial score (nSPS) is 21.5. The number of carbonyl (C=O) groups excluding carboxylic acids is 3. The maximum absolute atomic E-state index is 13.1. The van der Waals surface area contributed by atoms with Crippen molar-refractivity contribution in [1.29, 1.82) is 0 Å². The molecule has 2 aromatic rings. The smallest absolute Gasteiger partial charge is 0.475 e. The summed E-state index contributed by atoms with van der Waals surface area (Å²) in [5.41, 5.74) is 3.68. The predicted octanol–water partition coefficient (Wildman–Crippen LogP) is 2.98. The predicted molar refractivity (Wildman–Crippen MR) is 222 cm³/mol. The van der Waals surface area contributed by atoms with Crippen molar-refractivity contribution in [2.75, 3.05) is 130 Å². The maximum atomic E-state index is 13.1. The van der Waals surface area contributed by atoms with Crippen LogP contribution in [-0.4, -0.2) is 199 Å². The third-order valence-electron chi connectivity index (χ3n) is 12.0. The number of nitrogens with zero attached hydrogens (tertiary/aromatic N) is 9. The number of rotatable bonds is 10. The number of aryl methyl sites for hydroxylation is 1. The number of piperidine rings is 1. The Hall–Kier alpha value is -4.65. The van der Waals surface area contributed by atoms with Gasteiger partial charge in [0.15, 0.2) is 0 Å². The second-order valence-electron chi connectivity index (χ2n) is 16.7. The number of hydrogen-bond donors (Lipinski definition) is 1. The fourth-order valence-electron chi connectivity index (χ4n) is 7.92. The molecule has 1 N–H and O–H groups in total. The number of hydrogen-bond acceptors (Lipinski definition) is 13. The highest BCUT2D eigenvalue weighted by atomic mass is 35.5. The molecule has 15 nitrogen and oxygen atoms in total. The Bertz CT molecular complexity index is 1970.